The Bertz CT molecular complexity index is 653. The molecular formula is C16H13F2NS. The molecule has 0 heterocycles. The monoisotopic (exact) mass is 289 g/mol. The molecule has 0 amide bonds. The van der Waals surface area contributed by atoms with Crippen LogP contribution < -0.4 is 0 Å². The third-order valence-electron chi connectivity index (χ3n) is 3.02. The van der Waals surface area contributed by atoms with Gasteiger partial charge in [0.05, 0.1) is 5.16 Å². The molecule has 2 aromatic carbocycles. The molecule has 0 aliphatic rings. The van der Waals surface area contributed by atoms with E-state index >= 15 is 0 Å². The van der Waals surface area contributed by atoms with Gasteiger partial charge in [-0.1, -0.05) is 37.6 Å². The topological polar surface area (TPSA) is 12.4 Å². The summed E-state index contributed by atoms with van der Waals surface area (Å²) in [6.45, 7) is 2.06. The van der Waals surface area contributed by atoms with E-state index in [1.165, 1.54) is 12.1 Å². The maximum Gasteiger partial charge on any atom is 0.153 e. The summed E-state index contributed by atoms with van der Waals surface area (Å²) in [6, 6.07) is 10.2. The van der Waals surface area contributed by atoms with Crippen LogP contribution in [0.15, 0.2) is 41.4 Å². The standard InChI is InChI=1S/C16H13F2NS/c1-2-5-11-6-3-4-7-13(11)12-8-14(17)16(19-10-20)15(18)9-12/h3-4,6-9H,2,5H2,1H3. The summed E-state index contributed by atoms with van der Waals surface area (Å²) in [6.07, 6.45) is 1.83. The van der Waals surface area contributed by atoms with Gasteiger partial charge < -0.3 is 0 Å². The smallest absolute Gasteiger partial charge is 0.153 e. The van der Waals surface area contributed by atoms with E-state index in [1.54, 1.807) is 0 Å². The third-order valence-corrected chi connectivity index (χ3v) is 3.11. The van der Waals surface area contributed by atoms with Crippen molar-refractivity contribution in [3.05, 3.63) is 53.6 Å². The number of isothiocyanates is 1. The zero-order valence-corrected chi connectivity index (χ0v) is 11.8. The maximum atomic E-state index is 13.9. The average molecular weight is 289 g/mol. The van der Waals surface area contributed by atoms with Gasteiger partial charge in [0.2, 0.25) is 0 Å². The van der Waals surface area contributed by atoms with Gasteiger partial charge in [-0.25, -0.2) is 8.78 Å². The molecular weight excluding hydrogens is 276 g/mol. The average Bonchev–Trinajstić information content (AvgIpc) is 2.43. The second-order valence-electron chi connectivity index (χ2n) is 4.40. The molecule has 0 saturated heterocycles. The van der Waals surface area contributed by atoms with E-state index in [1.807, 2.05) is 29.4 Å². The molecule has 0 aromatic heterocycles. The predicted molar refractivity (Wildman–Crippen MR) is 80.5 cm³/mol. The van der Waals surface area contributed by atoms with Crippen molar-refractivity contribution in [1.29, 1.82) is 0 Å². The minimum atomic E-state index is -0.733. The number of halogens is 2. The van der Waals surface area contributed by atoms with Crippen molar-refractivity contribution < 1.29 is 8.78 Å². The van der Waals surface area contributed by atoms with Crippen molar-refractivity contribution in [2.75, 3.05) is 0 Å². The quantitative estimate of drug-likeness (QED) is 0.548. The Hall–Kier alpha value is -1.90. The normalized spacial score (nSPS) is 10.2. The van der Waals surface area contributed by atoms with Crippen molar-refractivity contribution >= 4 is 23.1 Å². The molecule has 1 nitrogen and oxygen atoms in total. The molecule has 2 rings (SSSR count). The minimum Gasteiger partial charge on any atom is -0.204 e. The Balaban J connectivity index is 2.57. The van der Waals surface area contributed by atoms with E-state index in [2.05, 4.69) is 24.1 Å². The van der Waals surface area contributed by atoms with Crippen molar-refractivity contribution in [3.8, 4) is 11.1 Å². The first-order valence-electron chi connectivity index (χ1n) is 6.32. The van der Waals surface area contributed by atoms with Crippen LogP contribution in [0.2, 0.25) is 0 Å². The summed E-state index contributed by atoms with van der Waals surface area (Å²) in [5.41, 5.74) is 2.02. The van der Waals surface area contributed by atoms with Gasteiger partial charge in [-0.2, -0.15) is 4.99 Å². The van der Waals surface area contributed by atoms with E-state index in [0.717, 1.165) is 24.0 Å². The Morgan fingerprint density at radius 1 is 1.15 bits per heavy atom. The number of benzene rings is 2. The number of aryl methyl sites for hydroxylation is 1. The van der Waals surface area contributed by atoms with Gasteiger partial charge in [0.1, 0.15) is 5.69 Å². The number of hydrogen-bond donors (Lipinski definition) is 0. The number of aliphatic imine (C=N–C) groups is 1. The van der Waals surface area contributed by atoms with E-state index < -0.39 is 17.3 Å². The maximum absolute atomic E-state index is 13.9. The first-order chi connectivity index (χ1) is 9.67. The lowest BCUT2D eigenvalue weighted by Crippen LogP contribution is -1.92. The molecule has 0 fully saturated rings. The zero-order chi connectivity index (χ0) is 14.5. The third kappa shape index (κ3) is 2.98. The van der Waals surface area contributed by atoms with Crippen LogP contribution in [0.5, 0.6) is 0 Å². The number of rotatable bonds is 4. The largest absolute Gasteiger partial charge is 0.204 e. The molecule has 0 spiro atoms. The molecule has 0 aliphatic carbocycles. The predicted octanol–water partition coefficient (Wildman–Crippen LogP) is 5.32. The van der Waals surface area contributed by atoms with Gasteiger partial charge in [0.15, 0.2) is 11.6 Å². The fraction of sp³-hybridized carbons (Fsp3) is 0.188. The summed E-state index contributed by atoms with van der Waals surface area (Å²) in [7, 11) is 0. The van der Waals surface area contributed by atoms with Crippen LogP contribution in [-0.4, -0.2) is 5.16 Å². The Labute approximate surface area is 122 Å². The second-order valence-corrected chi connectivity index (χ2v) is 4.58. The van der Waals surface area contributed by atoms with E-state index in [-0.39, 0.29) is 0 Å². The lowest BCUT2D eigenvalue weighted by molar-refractivity contribution is 0.588. The molecule has 2 aromatic rings. The van der Waals surface area contributed by atoms with Crippen LogP contribution in [0.4, 0.5) is 14.5 Å². The molecule has 0 saturated carbocycles. The molecule has 0 bridgehead atoms. The van der Waals surface area contributed by atoms with Crippen LogP contribution >= 0.6 is 12.2 Å². The summed E-state index contributed by atoms with van der Waals surface area (Å²) < 4.78 is 27.8. The van der Waals surface area contributed by atoms with Gasteiger partial charge in [-0.3, -0.25) is 0 Å². The highest BCUT2D eigenvalue weighted by Gasteiger charge is 2.13. The summed E-state index contributed by atoms with van der Waals surface area (Å²) >= 11 is 4.38. The summed E-state index contributed by atoms with van der Waals surface area (Å²) in [5, 5.41) is 1.98. The molecule has 102 valence electrons. The lowest BCUT2D eigenvalue weighted by Gasteiger charge is -2.10. The SMILES string of the molecule is CCCc1ccccc1-c1cc(F)c(N=C=S)c(F)c1. The van der Waals surface area contributed by atoms with Gasteiger partial charge in [-0.15, -0.1) is 0 Å². The highest BCUT2D eigenvalue weighted by Crippen LogP contribution is 2.31. The number of thiocarbonyl (C=S) groups is 1. The Morgan fingerprint density at radius 3 is 2.40 bits per heavy atom. The first-order valence-corrected chi connectivity index (χ1v) is 6.73. The molecule has 0 aliphatic heterocycles. The summed E-state index contributed by atoms with van der Waals surface area (Å²) in [5.74, 6) is -1.47. The van der Waals surface area contributed by atoms with Crippen molar-refractivity contribution in [2.24, 2.45) is 4.99 Å². The number of nitrogens with zero attached hydrogens (tertiary/aromatic N) is 1. The highest BCUT2D eigenvalue weighted by atomic mass is 32.1. The summed E-state index contributed by atoms with van der Waals surface area (Å²) in [4.78, 5) is 3.41. The molecule has 0 radical (unpaired) electrons. The number of hydrogen-bond acceptors (Lipinski definition) is 2. The molecule has 4 heteroatoms. The van der Waals surface area contributed by atoms with Crippen molar-refractivity contribution in [1.82, 2.24) is 0 Å². The molecule has 0 N–H and O–H groups in total. The molecule has 20 heavy (non-hydrogen) atoms. The van der Waals surface area contributed by atoms with E-state index in [4.69, 9.17) is 0 Å². The van der Waals surface area contributed by atoms with Gasteiger partial charge in [0.25, 0.3) is 0 Å². The highest BCUT2D eigenvalue weighted by molar-refractivity contribution is 7.78. The van der Waals surface area contributed by atoms with Crippen LogP contribution in [0.25, 0.3) is 11.1 Å². The molecule has 0 unspecified atom stereocenters. The molecule has 0 atom stereocenters. The minimum absolute atomic E-state index is 0.392. The lowest BCUT2D eigenvalue weighted by atomic mass is 9.96. The van der Waals surface area contributed by atoms with Gasteiger partial charge >= 0.3 is 0 Å². The second kappa shape index (κ2) is 6.51. The van der Waals surface area contributed by atoms with Crippen molar-refractivity contribution in [2.45, 2.75) is 19.8 Å². The van der Waals surface area contributed by atoms with Crippen LogP contribution in [0.1, 0.15) is 18.9 Å². The van der Waals surface area contributed by atoms with Gasteiger partial charge in [-0.05, 0) is 47.5 Å². The van der Waals surface area contributed by atoms with Crippen molar-refractivity contribution in [3.63, 3.8) is 0 Å². The van der Waals surface area contributed by atoms with E-state index in [9.17, 15) is 8.78 Å². The Morgan fingerprint density at radius 2 is 1.80 bits per heavy atom. The van der Waals surface area contributed by atoms with E-state index in [0.29, 0.717) is 5.56 Å². The van der Waals surface area contributed by atoms with Gasteiger partial charge in [0, 0.05) is 0 Å². The van der Waals surface area contributed by atoms with Crippen LogP contribution in [-0.2, 0) is 6.42 Å². The van der Waals surface area contributed by atoms with Crippen LogP contribution in [0.3, 0.4) is 0 Å². The fourth-order valence-corrected chi connectivity index (χ4v) is 2.25. The first kappa shape index (κ1) is 14.5. The zero-order valence-electron chi connectivity index (χ0n) is 11.0. The Kier molecular flexibility index (Phi) is 4.72. The van der Waals surface area contributed by atoms with Crippen LogP contribution in [0, 0.1) is 11.6 Å². The fourth-order valence-electron chi connectivity index (χ4n) is 2.16.